The first-order chi connectivity index (χ1) is 14.0. The quantitative estimate of drug-likeness (QED) is 0.634. The van der Waals surface area contributed by atoms with Gasteiger partial charge in [-0.1, -0.05) is 12.1 Å². The van der Waals surface area contributed by atoms with Gasteiger partial charge in [0.15, 0.2) is 0 Å². The molecular weight excluding hydrogens is 368 g/mol. The number of carbonyl (C=O) groups excluding carboxylic acids is 3. The molecule has 0 radical (unpaired) electrons. The summed E-state index contributed by atoms with van der Waals surface area (Å²) in [6.45, 7) is 1.14. The number of aromatic nitrogens is 2. The maximum atomic E-state index is 12.9. The third-order valence-corrected chi connectivity index (χ3v) is 5.43. The lowest BCUT2D eigenvalue weighted by atomic mass is 10.1. The summed E-state index contributed by atoms with van der Waals surface area (Å²) in [6, 6.07) is 13.4. The Morgan fingerprint density at radius 1 is 0.966 bits per heavy atom. The molecule has 2 aromatic carbocycles. The van der Waals surface area contributed by atoms with Crippen molar-refractivity contribution >= 4 is 23.4 Å². The molecule has 1 aromatic heterocycles. The Balaban J connectivity index is 1.37. The molecular formula is C22H18N4O3. The fourth-order valence-electron chi connectivity index (χ4n) is 3.98. The maximum Gasteiger partial charge on any atom is 0.266 e. The summed E-state index contributed by atoms with van der Waals surface area (Å²) in [4.78, 5) is 41.1. The number of aryl methyl sites for hydroxylation is 1. The first kappa shape index (κ1) is 17.4. The zero-order valence-electron chi connectivity index (χ0n) is 15.8. The number of fused-ring (bicyclic) bond motifs is 2. The summed E-state index contributed by atoms with van der Waals surface area (Å²) in [5, 5.41) is 4.41. The summed E-state index contributed by atoms with van der Waals surface area (Å²) in [5.41, 5.74) is 3.89. The average molecular weight is 386 g/mol. The second-order valence-corrected chi connectivity index (χ2v) is 7.29. The molecule has 3 aromatic rings. The molecule has 3 heterocycles. The minimum absolute atomic E-state index is 0.0755. The smallest absolute Gasteiger partial charge is 0.266 e. The lowest BCUT2D eigenvalue weighted by molar-refractivity contribution is 0.0734. The van der Waals surface area contributed by atoms with Crippen LogP contribution in [0.2, 0.25) is 0 Å². The highest BCUT2D eigenvalue weighted by Crippen LogP contribution is 2.29. The summed E-state index contributed by atoms with van der Waals surface area (Å²) < 4.78 is 1.77. The van der Waals surface area contributed by atoms with E-state index in [-0.39, 0.29) is 17.7 Å². The van der Waals surface area contributed by atoms with Gasteiger partial charge in [0.05, 0.1) is 22.5 Å². The molecule has 0 atom stereocenters. The molecule has 29 heavy (non-hydrogen) atoms. The van der Waals surface area contributed by atoms with Crippen molar-refractivity contribution in [1.29, 1.82) is 0 Å². The monoisotopic (exact) mass is 386 g/mol. The molecule has 0 unspecified atom stereocenters. The Morgan fingerprint density at radius 2 is 1.62 bits per heavy atom. The summed E-state index contributed by atoms with van der Waals surface area (Å²) in [5.74, 6) is -0.761. The van der Waals surface area contributed by atoms with Gasteiger partial charge in [0.2, 0.25) is 0 Å². The van der Waals surface area contributed by atoms with Crippen LogP contribution in [0.4, 0.5) is 5.69 Å². The van der Waals surface area contributed by atoms with E-state index in [1.807, 2.05) is 13.2 Å². The molecule has 144 valence electrons. The maximum absolute atomic E-state index is 12.9. The number of hydrogen-bond acceptors (Lipinski definition) is 4. The number of rotatable bonds is 2. The van der Waals surface area contributed by atoms with Crippen molar-refractivity contribution in [3.05, 3.63) is 82.7 Å². The third kappa shape index (κ3) is 2.74. The van der Waals surface area contributed by atoms with Crippen LogP contribution in [0.3, 0.4) is 0 Å². The molecule has 3 amide bonds. The second kappa shape index (κ2) is 6.41. The SMILES string of the molecule is Cn1cc2c(n1)CCN(C(=O)c1ccc(N3C(=O)c4ccccc4C3=O)cc1)C2. The number of anilines is 1. The zero-order valence-corrected chi connectivity index (χ0v) is 15.8. The minimum atomic E-state index is -0.343. The molecule has 0 aliphatic carbocycles. The summed E-state index contributed by atoms with van der Waals surface area (Å²) >= 11 is 0. The number of amides is 3. The first-order valence-electron chi connectivity index (χ1n) is 9.41. The summed E-state index contributed by atoms with van der Waals surface area (Å²) in [7, 11) is 1.88. The van der Waals surface area contributed by atoms with Crippen LogP contribution in [0.25, 0.3) is 0 Å². The van der Waals surface area contributed by atoms with E-state index in [2.05, 4.69) is 5.10 Å². The van der Waals surface area contributed by atoms with Crippen molar-refractivity contribution in [2.45, 2.75) is 13.0 Å². The number of benzene rings is 2. The highest BCUT2D eigenvalue weighted by molar-refractivity contribution is 6.34. The Bertz CT molecular complexity index is 1130. The normalized spacial score (nSPS) is 15.5. The topological polar surface area (TPSA) is 75.5 Å². The van der Waals surface area contributed by atoms with Crippen molar-refractivity contribution < 1.29 is 14.4 Å². The van der Waals surface area contributed by atoms with E-state index in [9.17, 15) is 14.4 Å². The molecule has 7 heteroatoms. The molecule has 0 spiro atoms. The van der Waals surface area contributed by atoms with Gasteiger partial charge in [-0.05, 0) is 36.4 Å². The average Bonchev–Trinajstić information content (AvgIpc) is 3.24. The number of hydrogen-bond donors (Lipinski definition) is 0. The molecule has 0 bridgehead atoms. The van der Waals surface area contributed by atoms with E-state index in [0.717, 1.165) is 22.6 Å². The third-order valence-electron chi connectivity index (χ3n) is 5.43. The predicted molar refractivity (Wildman–Crippen MR) is 106 cm³/mol. The largest absolute Gasteiger partial charge is 0.334 e. The molecule has 2 aliphatic heterocycles. The van der Waals surface area contributed by atoms with Crippen LogP contribution in [-0.4, -0.2) is 38.9 Å². The standard InChI is InChI=1S/C22H18N4O3/c1-24-12-15-13-25(11-10-19(15)23-24)20(27)14-6-8-16(9-7-14)26-21(28)17-4-2-3-5-18(17)22(26)29/h2-9,12H,10-11,13H2,1H3. The second-order valence-electron chi connectivity index (χ2n) is 7.29. The molecule has 0 saturated carbocycles. The fraction of sp³-hybridized carbons (Fsp3) is 0.182. The van der Waals surface area contributed by atoms with Gasteiger partial charge in [0.25, 0.3) is 17.7 Å². The van der Waals surface area contributed by atoms with Crippen LogP contribution in [0.1, 0.15) is 42.3 Å². The van der Waals surface area contributed by atoms with Gasteiger partial charge in [-0.15, -0.1) is 0 Å². The van der Waals surface area contributed by atoms with Crippen molar-refractivity contribution in [2.75, 3.05) is 11.4 Å². The van der Waals surface area contributed by atoms with Crippen LogP contribution < -0.4 is 4.90 Å². The first-order valence-corrected chi connectivity index (χ1v) is 9.41. The number of nitrogens with zero attached hydrogens (tertiary/aromatic N) is 4. The highest BCUT2D eigenvalue weighted by Gasteiger charge is 2.36. The van der Waals surface area contributed by atoms with E-state index in [1.54, 1.807) is 58.1 Å². The van der Waals surface area contributed by atoms with Crippen molar-refractivity contribution in [3.8, 4) is 0 Å². The van der Waals surface area contributed by atoms with Crippen LogP contribution in [0, 0.1) is 0 Å². The Labute approximate surface area is 167 Å². The van der Waals surface area contributed by atoms with E-state index in [4.69, 9.17) is 0 Å². The van der Waals surface area contributed by atoms with Gasteiger partial charge in [0, 0.05) is 43.9 Å². The zero-order chi connectivity index (χ0) is 20.1. The van der Waals surface area contributed by atoms with Gasteiger partial charge in [-0.25, -0.2) is 4.90 Å². The van der Waals surface area contributed by atoms with Gasteiger partial charge in [-0.2, -0.15) is 5.10 Å². The molecule has 2 aliphatic rings. The van der Waals surface area contributed by atoms with E-state index >= 15 is 0 Å². The van der Waals surface area contributed by atoms with Crippen molar-refractivity contribution in [3.63, 3.8) is 0 Å². The van der Waals surface area contributed by atoms with Gasteiger partial charge >= 0.3 is 0 Å². The molecule has 0 N–H and O–H groups in total. The Morgan fingerprint density at radius 3 is 2.28 bits per heavy atom. The van der Waals surface area contributed by atoms with E-state index in [1.165, 1.54) is 0 Å². The molecule has 0 fully saturated rings. The lowest BCUT2D eigenvalue weighted by Crippen LogP contribution is -2.35. The van der Waals surface area contributed by atoms with Crippen LogP contribution in [0.15, 0.2) is 54.7 Å². The van der Waals surface area contributed by atoms with Gasteiger partial charge in [0.1, 0.15) is 0 Å². The van der Waals surface area contributed by atoms with Gasteiger partial charge < -0.3 is 4.90 Å². The minimum Gasteiger partial charge on any atom is -0.334 e. The molecule has 5 rings (SSSR count). The van der Waals surface area contributed by atoms with Crippen molar-refractivity contribution in [1.82, 2.24) is 14.7 Å². The van der Waals surface area contributed by atoms with Crippen LogP contribution >= 0.6 is 0 Å². The number of carbonyl (C=O) groups is 3. The highest BCUT2D eigenvalue weighted by atomic mass is 16.2. The Kier molecular flexibility index (Phi) is 3.84. The molecule has 7 nitrogen and oxygen atoms in total. The summed E-state index contributed by atoms with van der Waals surface area (Å²) in [6.07, 6.45) is 2.68. The van der Waals surface area contributed by atoms with E-state index in [0.29, 0.717) is 35.5 Å². The fourth-order valence-corrected chi connectivity index (χ4v) is 3.98. The van der Waals surface area contributed by atoms with Crippen LogP contribution in [0.5, 0.6) is 0 Å². The van der Waals surface area contributed by atoms with Crippen molar-refractivity contribution in [2.24, 2.45) is 7.05 Å². The van der Waals surface area contributed by atoms with Gasteiger partial charge in [-0.3, -0.25) is 19.1 Å². The molecule has 0 saturated heterocycles. The Hall–Kier alpha value is -3.74. The number of imide groups is 1. The van der Waals surface area contributed by atoms with Crippen LogP contribution in [-0.2, 0) is 20.0 Å². The van der Waals surface area contributed by atoms with E-state index < -0.39 is 0 Å². The lowest BCUT2D eigenvalue weighted by Gasteiger charge is -2.26. The predicted octanol–water partition coefficient (Wildman–Crippen LogP) is 2.42.